The van der Waals surface area contributed by atoms with E-state index in [2.05, 4.69) is 30.3 Å². The SMILES string of the molecule is c1ccc([Te]C2CCCC2)cc1. The Bertz CT molecular complexity index is 224. The summed E-state index contributed by atoms with van der Waals surface area (Å²) in [6.07, 6.45) is 6.00. The minimum atomic E-state index is 0.144. The van der Waals surface area contributed by atoms with Crippen molar-refractivity contribution in [3.8, 4) is 0 Å². The fourth-order valence-corrected chi connectivity index (χ4v) is 5.32. The van der Waals surface area contributed by atoms with Crippen molar-refractivity contribution in [1.29, 1.82) is 0 Å². The fourth-order valence-electron chi connectivity index (χ4n) is 1.70. The van der Waals surface area contributed by atoms with E-state index in [1.165, 1.54) is 25.7 Å². The van der Waals surface area contributed by atoms with Gasteiger partial charge in [0.25, 0.3) is 0 Å². The summed E-state index contributed by atoms with van der Waals surface area (Å²) in [6.45, 7) is 0. The Balaban J connectivity index is 1.94. The molecule has 1 aromatic rings. The molecule has 64 valence electrons. The van der Waals surface area contributed by atoms with Crippen LogP contribution in [0.3, 0.4) is 0 Å². The second-order valence-corrected chi connectivity index (χ2v) is 7.26. The van der Waals surface area contributed by atoms with E-state index < -0.39 is 0 Å². The van der Waals surface area contributed by atoms with Crippen LogP contribution in [0.2, 0.25) is 3.97 Å². The fraction of sp³-hybridized carbons (Fsp3) is 0.455. The van der Waals surface area contributed by atoms with Gasteiger partial charge in [-0.05, 0) is 0 Å². The quantitative estimate of drug-likeness (QED) is 0.726. The molecule has 0 radical (unpaired) electrons. The van der Waals surface area contributed by atoms with Gasteiger partial charge in [0, 0.05) is 0 Å². The molecule has 0 heterocycles. The van der Waals surface area contributed by atoms with E-state index in [9.17, 15) is 0 Å². The van der Waals surface area contributed by atoms with Crippen LogP contribution in [0.25, 0.3) is 0 Å². The van der Waals surface area contributed by atoms with Crippen molar-refractivity contribution in [3.63, 3.8) is 0 Å². The summed E-state index contributed by atoms with van der Waals surface area (Å²) in [5, 5.41) is 0. The molecule has 0 atom stereocenters. The first-order chi connectivity index (χ1) is 5.95. The zero-order chi connectivity index (χ0) is 8.23. The van der Waals surface area contributed by atoms with Crippen molar-refractivity contribution in [1.82, 2.24) is 0 Å². The van der Waals surface area contributed by atoms with Gasteiger partial charge in [0.15, 0.2) is 0 Å². The summed E-state index contributed by atoms with van der Waals surface area (Å²) in [5.41, 5.74) is 0. The molecule has 0 saturated heterocycles. The van der Waals surface area contributed by atoms with E-state index in [-0.39, 0.29) is 20.9 Å². The van der Waals surface area contributed by atoms with Crippen LogP contribution in [0.5, 0.6) is 0 Å². The average molecular weight is 274 g/mol. The first kappa shape index (κ1) is 8.60. The Morgan fingerprint density at radius 3 is 2.33 bits per heavy atom. The van der Waals surface area contributed by atoms with E-state index in [4.69, 9.17) is 0 Å². The molecule has 0 unspecified atom stereocenters. The zero-order valence-corrected chi connectivity index (χ0v) is 9.53. The molecule has 0 aliphatic heterocycles. The van der Waals surface area contributed by atoms with Crippen LogP contribution in [-0.2, 0) is 0 Å². The summed E-state index contributed by atoms with van der Waals surface area (Å²) in [7, 11) is 0. The normalized spacial score (nSPS) is 18.3. The zero-order valence-electron chi connectivity index (χ0n) is 7.20. The van der Waals surface area contributed by atoms with Gasteiger partial charge in [0.05, 0.1) is 0 Å². The average Bonchev–Trinajstić information content (AvgIpc) is 2.59. The molecule has 0 N–H and O–H groups in total. The first-order valence-corrected chi connectivity index (χ1v) is 7.18. The van der Waals surface area contributed by atoms with Crippen LogP contribution in [0.4, 0.5) is 0 Å². The summed E-state index contributed by atoms with van der Waals surface area (Å²) in [4.78, 5) is 0. The molecule has 0 nitrogen and oxygen atoms in total. The van der Waals surface area contributed by atoms with Crippen LogP contribution >= 0.6 is 0 Å². The molecular formula is C11H14Te. The Hall–Kier alpha value is 0.00961. The Morgan fingerprint density at radius 1 is 1.00 bits per heavy atom. The Kier molecular flexibility index (Phi) is 3.08. The molecule has 1 heteroatoms. The predicted molar refractivity (Wildman–Crippen MR) is 54.0 cm³/mol. The molecule has 0 spiro atoms. The van der Waals surface area contributed by atoms with E-state index in [0.29, 0.717) is 0 Å². The van der Waals surface area contributed by atoms with E-state index in [1.54, 1.807) is 3.61 Å². The number of rotatable bonds is 2. The maximum absolute atomic E-state index is 2.31. The minimum absolute atomic E-state index is 0.144. The van der Waals surface area contributed by atoms with Gasteiger partial charge in [0.1, 0.15) is 0 Å². The van der Waals surface area contributed by atoms with Gasteiger partial charge in [0.2, 0.25) is 0 Å². The van der Waals surface area contributed by atoms with Crippen molar-refractivity contribution in [2.75, 3.05) is 0 Å². The third-order valence-electron chi connectivity index (χ3n) is 2.35. The third-order valence-corrected chi connectivity index (χ3v) is 6.20. The van der Waals surface area contributed by atoms with Crippen molar-refractivity contribution in [3.05, 3.63) is 30.3 Å². The first-order valence-electron chi connectivity index (χ1n) is 4.67. The summed E-state index contributed by atoms with van der Waals surface area (Å²) >= 11 is 0.144. The number of hydrogen-bond acceptors (Lipinski definition) is 0. The third kappa shape index (κ3) is 2.25. The summed E-state index contributed by atoms with van der Waals surface area (Å²) in [5.74, 6) is 0. The van der Waals surface area contributed by atoms with Crippen molar-refractivity contribution in [2.24, 2.45) is 0 Å². The maximum atomic E-state index is 2.31. The topological polar surface area (TPSA) is 0 Å². The van der Waals surface area contributed by atoms with Crippen LogP contribution in [0.1, 0.15) is 25.7 Å². The summed E-state index contributed by atoms with van der Waals surface area (Å²) < 4.78 is 2.76. The van der Waals surface area contributed by atoms with Crippen molar-refractivity contribution < 1.29 is 0 Å². The molecular weight excluding hydrogens is 260 g/mol. The molecule has 0 amide bonds. The van der Waals surface area contributed by atoms with E-state index in [1.807, 2.05) is 0 Å². The second-order valence-electron chi connectivity index (χ2n) is 3.34. The van der Waals surface area contributed by atoms with E-state index in [0.717, 1.165) is 3.97 Å². The molecule has 0 aromatic heterocycles. The van der Waals surface area contributed by atoms with Gasteiger partial charge in [-0.3, -0.25) is 0 Å². The predicted octanol–water partition coefficient (Wildman–Crippen LogP) is 2.38. The Morgan fingerprint density at radius 2 is 1.67 bits per heavy atom. The molecule has 1 fully saturated rings. The summed E-state index contributed by atoms with van der Waals surface area (Å²) in [6, 6.07) is 11.1. The van der Waals surface area contributed by atoms with Crippen LogP contribution < -0.4 is 3.61 Å². The van der Waals surface area contributed by atoms with Crippen molar-refractivity contribution in [2.45, 2.75) is 29.6 Å². The molecule has 2 rings (SSSR count). The van der Waals surface area contributed by atoms with Crippen LogP contribution in [0, 0.1) is 0 Å². The Labute approximate surface area is 84.5 Å². The number of benzene rings is 1. The molecule has 12 heavy (non-hydrogen) atoms. The van der Waals surface area contributed by atoms with Crippen LogP contribution in [-0.4, -0.2) is 20.9 Å². The monoisotopic (exact) mass is 276 g/mol. The van der Waals surface area contributed by atoms with Crippen LogP contribution in [0.15, 0.2) is 30.3 Å². The van der Waals surface area contributed by atoms with Gasteiger partial charge >= 0.3 is 84.5 Å². The molecule has 1 saturated carbocycles. The van der Waals surface area contributed by atoms with Gasteiger partial charge in [-0.1, -0.05) is 0 Å². The van der Waals surface area contributed by atoms with Gasteiger partial charge < -0.3 is 0 Å². The number of hydrogen-bond donors (Lipinski definition) is 0. The van der Waals surface area contributed by atoms with Gasteiger partial charge in [-0.15, -0.1) is 0 Å². The van der Waals surface area contributed by atoms with Crippen molar-refractivity contribution >= 4 is 24.5 Å². The second kappa shape index (κ2) is 4.30. The van der Waals surface area contributed by atoms with Gasteiger partial charge in [-0.25, -0.2) is 0 Å². The standard InChI is InChI=1S/C11H14Te/c1-2-6-10(7-3-1)12-11-8-4-5-9-11/h1-3,6-7,11H,4-5,8-9H2. The molecule has 1 aliphatic carbocycles. The molecule has 1 aromatic carbocycles. The molecule has 0 bridgehead atoms. The molecule has 1 aliphatic rings. The van der Waals surface area contributed by atoms with Gasteiger partial charge in [-0.2, -0.15) is 0 Å². The van der Waals surface area contributed by atoms with E-state index >= 15 is 0 Å².